The third-order valence-corrected chi connectivity index (χ3v) is 1.27. The minimum absolute atomic E-state index is 0.00171. The van der Waals surface area contributed by atoms with E-state index in [1.807, 2.05) is 0 Å². The molecule has 0 aliphatic heterocycles. The minimum Gasteiger partial charge on any atom is -0.297 e. The van der Waals surface area contributed by atoms with Crippen LogP contribution in [0.5, 0.6) is 0 Å². The molecule has 12 heavy (non-hydrogen) atoms. The first-order valence-corrected chi connectivity index (χ1v) is 3.74. The molecule has 1 N–H and O–H groups in total. The molecule has 0 heterocycles. The van der Waals surface area contributed by atoms with Crippen molar-refractivity contribution in [3.63, 3.8) is 0 Å². The van der Waals surface area contributed by atoms with Crippen molar-refractivity contribution < 1.29 is 4.79 Å². The summed E-state index contributed by atoms with van der Waals surface area (Å²) in [6, 6.07) is 0.523. The van der Waals surface area contributed by atoms with E-state index < -0.39 is 0 Å². The van der Waals surface area contributed by atoms with Crippen LogP contribution >= 0.6 is 0 Å². The fourth-order valence-corrected chi connectivity index (χ4v) is 0.708. The molecule has 0 saturated heterocycles. The van der Waals surface area contributed by atoms with Gasteiger partial charge in [0.1, 0.15) is 6.04 Å². The first kappa shape index (κ1) is 10.8. The predicted octanol–water partition coefficient (Wildman–Crippen LogP) is 1.63. The van der Waals surface area contributed by atoms with Crippen LogP contribution in [-0.4, -0.2) is 12.3 Å². The normalized spacial score (nSPS) is 9.42. The average molecular weight is 164 g/mol. The highest BCUT2D eigenvalue weighted by Gasteiger charge is 2.11. The highest BCUT2D eigenvalue weighted by atomic mass is 16.1. The van der Waals surface area contributed by atoms with Gasteiger partial charge in [0.15, 0.2) is 5.78 Å². The maximum atomic E-state index is 11.2. The fourth-order valence-electron chi connectivity index (χ4n) is 0.708. The molecule has 0 atom stereocenters. The molecule has 0 bridgehead atoms. The van der Waals surface area contributed by atoms with Crippen LogP contribution in [0.1, 0.15) is 6.42 Å². The van der Waals surface area contributed by atoms with Crippen molar-refractivity contribution in [2.24, 2.45) is 0 Å². The van der Waals surface area contributed by atoms with Gasteiger partial charge in [-0.25, -0.2) is 0 Å². The molecule has 0 aromatic carbocycles. The smallest absolute Gasteiger partial charge is 0.163 e. The van der Waals surface area contributed by atoms with Gasteiger partial charge in [-0.15, -0.1) is 19.7 Å². The second-order valence-electron chi connectivity index (χ2n) is 2.20. The molecule has 0 spiro atoms. The molecular formula is C10H14NO. The fraction of sp³-hybridized carbons (Fsp3) is 0.200. The van der Waals surface area contributed by atoms with Gasteiger partial charge in [0.2, 0.25) is 0 Å². The summed E-state index contributed by atoms with van der Waals surface area (Å²) in [6.07, 6.45) is 5.10. The summed E-state index contributed by atoms with van der Waals surface area (Å²) in [5.41, 5.74) is 0. The van der Waals surface area contributed by atoms with E-state index in [1.165, 1.54) is 6.08 Å². The Hall–Kier alpha value is -1.15. The average Bonchev–Trinajstić information content (AvgIpc) is 2.06. The van der Waals surface area contributed by atoms with E-state index in [9.17, 15) is 4.79 Å². The third kappa shape index (κ3) is 3.88. The molecule has 2 nitrogen and oxygen atoms in total. The molecule has 0 aliphatic rings. The SMILES string of the molecule is C=CCN[C](C=C)C(=O)CC=C. The highest BCUT2D eigenvalue weighted by Crippen LogP contribution is 2.01. The van der Waals surface area contributed by atoms with Gasteiger partial charge in [-0.05, 0) is 0 Å². The third-order valence-electron chi connectivity index (χ3n) is 1.27. The van der Waals surface area contributed by atoms with Crippen LogP contribution in [0.15, 0.2) is 38.0 Å². The van der Waals surface area contributed by atoms with E-state index in [4.69, 9.17) is 0 Å². The van der Waals surface area contributed by atoms with Gasteiger partial charge in [0, 0.05) is 13.0 Å². The molecule has 0 amide bonds. The Bertz CT molecular complexity index is 184. The largest absolute Gasteiger partial charge is 0.297 e. The van der Waals surface area contributed by atoms with Crippen LogP contribution in [0, 0.1) is 6.04 Å². The van der Waals surface area contributed by atoms with Crippen LogP contribution < -0.4 is 5.32 Å². The number of allylic oxidation sites excluding steroid dienone is 1. The van der Waals surface area contributed by atoms with Crippen molar-refractivity contribution in [2.45, 2.75) is 6.42 Å². The summed E-state index contributed by atoms with van der Waals surface area (Å²) in [7, 11) is 0. The number of carbonyl (C=O) groups is 1. The molecule has 1 radical (unpaired) electrons. The van der Waals surface area contributed by atoms with E-state index in [2.05, 4.69) is 25.1 Å². The Morgan fingerprint density at radius 2 is 1.92 bits per heavy atom. The number of ketones is 1. The van der Waals surface area contributed by atoms with Gasteiger partial charge in [-0.1, -0.05) is 18.2 Å². The molecule has 2 heteroatoms. The van der Waals surface area contributed by atoms with Crippen LogP contribution in [0.3, 0.4) is 0 Å². The lowest BCUT2D eigenvalue weighted by molar-refractivity contribution is -0.116. The molecule has 0 rings (SSSR count). The van der Waals surface area contributed by atoms with Crippen molar-refractivity contribution in [3.8, 4) is 0 Å². The minimum atomic E-state index is 0.00171. The number of carbonyl (C=O) groups excluding carboxylic acids is 1. The van der Waals surface area contributed by atoms with Gasteiger partial charge in [-0.3, -0.25) is 10.1 Å². The first-order valence-electron chi connectivity index (χ1n) is 3.74. The van der Waals surface area contributed by atoms with E-state index in [0.717, 1.165) is 0 Å². The Balaban J connectivity index is 3.94. The van der Waals surface area contributed by atoms with E-state index in [0.29, 0.717) is 19.0 Å². The van der Waals surface area contributed by atoms with Crippen LogP contribution in [0.25, 0.3) is 0 Å². The lowest BCUT2D eigenvalue weighted by Gasteiger charge is -2.08. The number of nitrogens with one attached hydrogen (secondary N) is 1. The van der Waals surface area contributed by atoms with Crippen molar-refractivity contribution in [3.05, 3.63) is 44.0 Å². The predicted molar refractivity (Wildman–Crippen MR) is 51.5 cm³/mol. The summed E-state index contributed by atoms with van der Waals surface area (Å²) in [6.45, 7) is 11.1. The maximum Gasteiger partial charge on any atom is 0.163 e. The number of rotatable bonds is 7. The van der Waals surface area contributed by atoms with Gasteiger partial charge in [0.05, 0.1) is 0 Å². The standard InChI is InChI=1S/C10H14NO/c1-4-7-10(12)9(6-3)11-8-5-2/h4-6,11H,1-3,7-8H2. The summed E-state index contributed by atoms with van der Waals surface area (Å²) in [4.78, 5) is 11.2. The molecule has 0 saturated carbocycles. The molecule has 0 fully saturated rings. The zero-order valence-electron chi connectivity index (χ0n) is 7.18. The lowest BCUT2D eigenvalue weighted by Crippen LogP contribution is -2.26. The summed E-state index contributed by atoms with van der Waals surface area (Å²) < 4.78 is 0. The lowest BCUT2D eigenvalue weighted by atomic mass is 10.1. The van der Waals surface area contributed by atoms with Gasteiger partial charge in [0.25, 0.3) is 0 Å². The van der Waals surface area contributed by atoms with Crippen molar-refractivity contribution >= 4 is 5.78 Å². The van der Waals surface area contributed by atoms with E-state index in [1.54, 1.807) is 12.2 Å². The Morgan fingerprint density at radius 1 is 1.25 bits per heavy atom. The highest BCUT2D eigenvalue weighted by molar-refractivity contribution is 5.94. The summed E-state index contributed by atoms with van der Waals surface area (Å²) in [5, 5.41) is 2.89. The molecule has 0 aromatic rings. The summed E-state index contributed by atoms with van der Waals surface area (Å²) in [5.74, 6) is 0.00171. The quantitative estimate of drug-likeness (QED) is 0.579. The Kier molecular flexibility index (Phi) is 5.93. The van der Waals surface area contributed by atoms with Crippen molar-refractivity contribution in [2.75, 3.05) is 6.54 Å². The molecule has 0 aromatic heterocycles. The number of Topliss-reactive ketones (excluding diaryl/α,β-unsaturated/α-hetero) is 1. The van der Waals surface area contributed by atoms with Crippen LogP contribution in [-0.2, 0) is 4.79 Å². The zero-order chi connectivity index (χ0) is 9.40. The zero-order valence-corrected chi connectivity index (χ0v) is 7.18. The van der Waals surface area contributed by atoms with Crippen molar-refractivity contribution in [1.29, 1.82) is 0 Å². The number of hydrogen-bond acceptors (Lipinski definition) is 2. The maximum absolute atomic E-state index is 11.2. The molecule has 65 valence electrons. The Labute approximate surface area is 73.7 Å². The molecule has 0 aliphatic carbocycles. The monoisotopic (exact) mass is 164 g/mol. The van der Waals surface area contributed by atoms with E-state index in [-0.39, 0.29) is 5.78 Å². The number of hydrogen-bond donors (Lipinski definition) is 1. The van der Waals surface area contributed by atoms with Crippen LogP contribution in [0.4, 0.5) is 0 Å². The first-order chi connectivity index (χ1) is 5.76. The Morgan fingerprint density at radius 3 is 2.33 bits per heavy atom. The molecular weight excluding hydrogens is 150 g/mol. The summed E-state index contributed by atoms with van der Waals surface area (Å²) >= 11 is 0. The topological polar surface area (TPSA) is 29.1 Å². The van der Waals surface area contributed by atoms with Crippen LogP contribution in [0.2, 0.25) is 0 Å². The van der Waals surface area contributed by atoms with Gasteiger partial charge >= 0.3 is 0 Å². The molecule has 0 unspecified atom stereocenters. The second-order valence-corrected chi connectivity index (χ2v) is 2.20. The van der Waals surface area contributed by atoms with Crippen molar-refractivity contribution in [1.82, 2.24) is 5.32 Å². The second kappa shape index (κ2) is 6.55. The van der Waals surface area contributed by atoms with Gasteiger partial charge in [-0.2, -0.15) is 0 Å². The van der Waals surface area contributed by atoms with E-state index >= 15 is 0 Å². The van der Waals surface area contributed by atoms with Gasteiger partial charge < -0.3 is 0 Å².